The van der Waals surface area contributed by atoms with Gasteiger partial charge in [-0.1, -0.05) is 0 Å². The van der Waals surface area contributed by atoms with Crippen molar-refractivity contribution in [1.29, 1.82) is 0 Å². The molecule has 3 aliphatic carbocycles. The third-order valence-electron chi connectivity index (χ3n) is 3.25. The molecular weight excluding hydrogens is 108 g/mol. The van der Waals surface area contributed by atoms with Gasteiger partial charge < -0.3 is 0 Å². The highest BCUT2D eigenvalue weighted by Crippen LogP contribution is 2.49. The van der Waals surface area contributed by atoms with Crippen molar-refractivity contribution in [3.63, 3.8) is 0 Å². The second-order valence-corrected chi connectivity index (χ2v) is 3.98. The summed E-state index contributed by atoms with van der Waals surface area (Å²) in [4.78, 5) is 0. The first-order valence-corrected chi connectivity index (χ1v) is 4.14. The lowest BCUT2D eigenvalue weighted by Crippen LogP contribution is -2.31. The van der Waals surface area contributed by atoms with Gasteiger partial charge >= 0.3 is 0 Å². The van der Waals surface area contributed by atoms with E-state index in [0.29, 0.717) is 5.41 Å². The Labute approximate surface area is 57.6 Å². The highest BCUT2D eigenvalue weighted by molar-refractivity contribution is 4.92. The minimum Gasteiger partial charge on any atom is -0.0499 e. The van der Waals surface area contributed by atoms with Crippen molar-refractivity contribution in [3.8, 4) is 0 Å². The molecule has 9 heavy (non-hydrogen) atoms. The summed E-state index contributed by atoms with van der Waals surface area (Å²) in [5.41, 5.74) is 0.536. The van der Waals surface area contributed by atoms with Gasteiger partial charge in [-0.25, -0.2) is 0 Å². The zero-order valence-electron chi connectivity index (χ0n) is 6.03. The predicted octanol–water partition coefficient (Wildman–Crippen LogP) is 2.79. The molecule has 0 heterocycles. The average molecular weight is 123 g/mol. The fraction of sp³-hybridized carbons (Fsp3) is 0.889. The van der Waals surface area contributed by atoms with Gasteiger partial charge in [0.1, 0.15) is 0 Å². The van der Waals surface area contributed by atoms with Crippen LogP contribution in [-0.4, -0.2) is 0 Å². The quantitative estimate of drug-likeness (QED) is 0.464. The third kappa shape index (κ3) is 0.889. The fourth-order valence-electron chi connectivity index (χ4n) is 2.34. The minimum absolute atomic E-state index is 0.536. The summed E-state index contributed by atoms with van der Waals surface area (Å²) in [5, 5.41) is 0. The van der Waals surface area contributed by atoms with Crippen molar-refractivity contribution < 1.29 is 0 Å². The molecular formula is C9H15. The van der Waals surface area contributed by atoms with Crippen molar-refractivity contribution in [2.75, 3.05) is 0 Å². The highest BCUT2D eigenvalue weighted by atomic mass is 14.4. The molecule has 0 unspecified atom stereocenters. The first-order chi connectivity index (χ1) is 4.29. The van der Waals surface area contributed by atoms with Crippen LogP contribution in [0.25, 0.3) is 0 Å². The molecule has 0 nitrogen and oxygen atoms in total. The summed E-state index contributed by atoms with van der Waals surface area (Å²) in [7, 11) is 0. The molecule has 3 saturated carbocycles. The van der Waals surface area contributed by atoms with Crippen molar-refractivity contribution in [2.45, 2.75) is 38.5 Å². The van der Waals surface area contributed by atoms with E-state index in [9.17, 15) is 0 Å². The van der Waals surface area contributed by atoms with E-state index in [-0.39, 0.29) is 0 Å². The lowest BCUT2D eigenvalue weighted by Gasteiger charge is -2.44. The Bertz CT molecular complexity index is 93.4. The zero-order valence-corrected chi connectivity index (χ0v) is 6.03. The molecule has 0 heteroatoms. The Kier molecular flexibility index (Phi) is 1.12. The van der Waals surface area contributed by atoms with Gasteiger partial charge in [0.25, 0.3) is 0 Å². The summed E-state index contributed by atoms with van der Waals surface area (Å²) in [6, 6.07) is 0. The van der Waals surface area contributed by atoms with Gasteiger partial charge in [-0.3, -0.25) is 0 Å². The summed E-state index contributed by atoms with van der Waals surface area (Å²) in [5.74, 6) is 1.09. The molecule has 0 aromatic carbocycles. The van der Waals surface area contributed by atoms with Crippen LogP contribution in [0.1, 0.15) is 38.5 Å². The summed E-state index contributed by atoms with van der Waals surface area (Å²) < 4.78 is 0. The summed E-state index contributed by atoms with van der Waals surface area (Å²) in [6.07, 6.45) is 8.67. The molecule has 0 aromatic heterocycles. The van der Waals surface area contributed by atoms with Gasteiger partial charge in [-0.15, -0.1) is 0 Å². The molecule has 3 aliphatic rings. The van der Waals surface area contributed by atoms with Crippen LogP contribution >= 0.6 is 0 Å². The summed E-state index contributed by atoms with van der Waals surface area (Å²) >= 11 is 0. The van der Waals surface area contributed by atoms with Crippen LogP contribution in [0.3, 0.4) is 0 Å². The lowest BCUT2D eigenvalue weighted by atomic mass is 9.62. The number of fused-ring (bicyclic) bond motifs is 3. The van der Waals surface area contributed by atoms with Crippen LogP contribution in [0.5, 0.6) is 0 Å². The van der Waals surface area contributed by atoms with Gasteiger partial charge in [0.05, 0.1) is 0 Å². The molecule has 3 rings (SSSR count). The average Bonchev–Trinajstić information content (AvgIpc) is 1.90. The molecule has 0 saturated heterocycles. The Morgan fingerprint density at radius 2 is 1.44 bits per heavy atom. The molecule has 0 aliphatic heterocycles. The number of hydrogen-bond donors (Lipinski definition) is 0. The van der Waals surface area contributed by atoms with Gasteiger partial charge in [0.2, 0.25) is 0 Å². The largest absolute Gasteiger partial charge is 0.0499 e. The lowest BCUT2D eigenvalue weighted by molar-refractivity contribution is 0.108. The van der Waals surface area contributed by atoms with Crippen LogP contribution in [0, 0.1) is 18.3 Å². The van der Waals surface area contributed by atoms with Crippen LogP contribution in [-0.2, 0) is 0 Å². The van der Waals surface area contributed by atoms with E-state index >= 15 is 0 Å². The Morgan fingerprint density at radius 1 is 1.00 bits per heavy atom. The van der Waals surface area contributed by atoms with E-state index in [1.54, 1.807) is 0 Å². The molecule has 0 atom stereocenters. The standard InChI is InChI=1S/C9H15/c1-9-5-2-8(3-6-9)4-7-9/h8H,1-7H2. The van der Waals surface area contributed by atoms with E-state index in [2.05, 4.69) is 6.92 Å². The van der Waals surface area contributed by atoms with Crippen LogP contribution in [0.4, 0.5) is 0 Å². The molecule has 51 valence electrons. The van der Waals surface area contributed by atoms with Crippen molar-refractivity contribution >= 4 is 0 Å². The van der Waals surface area contributed by atoms with Crippen molar-refractivity contribution in [2.24, 2.45) is 11.3 Å². The predicted molar refractivity (Wildman–Crippen MR) is 39.0 cm³/mol. The first-order valence-electron chi connectivity index (χ1n) is 4.14. The molecule has 1 radical (unpaired) electrons. The monoisotopic (exact) mass is 123 g/mol. The third-order valence-corrected chi connectivity index (χ3v) is 3.25. The zero-order chi connectivity index (χ0) is 6.32. The van der Waals surface area contributed by atoms with E-state index in [1.165, 1.54) is 38.5 Å². The van der Waals surface area contributed by atoms with Gasteiger partial charge in [-0.05, 0) is 56.8 Å². The van der Waals surface area contributed by atoms with E-state index in [4.69, 9.17) is 0 Å². The maximum absolute atomic E-state index is 4.29. The van der Waals surface area contributed by atoms with E-state index in [1.807, 2.05) is 0 Å². The van der Waals surface area contributed by atoms with Crippen molar-refractivity contribution in [3.05, 3.63) is 6.92 Å². The Hall–Kier alpha value is 0. The molecule has 0 N–H and O–H groups in total. The van der Waals surface area contributed by atoms with Crippen LogP contribution in [0.15, 0.2) is 0 Å². The number of hydrogen-bond acceptors (Lipinski definition) is 0. The molecule has 0 amide bonds. The Morgan fingerprint density at radius 3 is 1.67 bits per heavy atom. The Balaban J connectivity index is 2.11. The fourth-order valence-corrected chi connectivity index (χ4v) is 2.34. The molecule has 0 spiro atoms. The number of rotatable bonds is 0. The highest BCUT2D eigenvalue weighted by Gasteiger charge is 2.36. The van der Waals surface area contributed by atoms with E-state index < -0.39 is 0 Å². The first kappa shape index (κ1) is 5.76. The van der Waals surface area contributed by atoms with Crippen LogP contribution < -0.4 is 0 Å². The van der Waals surface area contributed by atoms with Gasteiger partial charge in [0.15, 0.2) is 0 Å². The summed E-state index contributed by atoms with van der Waals surface area (Å²) in [6.45, 7) is 4.29. The SMILES string of the molecule is [CH2]C12CCC(CC1)CC2. The van der Waals surface area contributed by atoms with Gasteiger partial charge in [0, 0.05) is 0 Å². The normalized spacial score (nSPS) is 49.7. The molecule has 3 fully saturated rings. The van der Waals surface area contributed by atoms with Crippen LogP contribution in [0.2, 0.25) is 0 Å². The second-order valence-electron chi connectivity index (χ2n) is 3.98. The maximum atomic E-state index is 4.29. The topological polar surface area (TPSA) is 0 Å². The maximum Gasteiger partial charge on any atom is -0.0297 e. The van der Waals surface area contributed by atoms with E-state index in [0.717, 1.165) is 5.92 Å². The second kappa shape index (κ2) is 1.74. The minimum atomic E-state index is 0.536. The van der Waals surface area contributed by atoms with Crippen molar-refractivity contribution in [1.82, 2.24) is 0 Å². The van der Waals surface area contributed by atoms with Gasteiger partial charge in [-0.2, -0.15) is 0 Å². The smallest absolute Gasteiger partial charge is 0.0297 e. The molecule has 2 bridgehead atoms. The molecule has 0 aromatic rings.